The Bertz CT molecular complexity index is 689. The molecule has 1 aromatic carbocycles. The number of hydrogen-bond donors (Lipinski definition) is 1. The highest BCUT2D eigenvalue weighted by atomic mass is 16.2. The second-order valence-electron chi connectivity index (χ2n) is 5.93. The maximum absolute atomic E-state index is 12.4. The third kappa shape index (κ3) is 1.78. The van der Waals surface area contributed by atoms with Crippen molar-refractivity contribution in [2.75, 3.05) is 13.1 Å². The molecule has 2 aromatic rings. The van der Waals surface area contributed by atoms with Crippen molar-refractivity contribution in [1.29, 1.82) is 0 Å². The van der Waals surface area contributed by atoms with Crippen LogP contribution in [0.25, 0.3) is 11.0 Å². The van der Waals surface area contributed by atoms with Crippen molar-refractivity contribution in [1.82, 2.24) is 14.9 Å². The number of nitrogens with zero attached hydrogens (tertiary/aromatic N) is 3. The molecule has 2 aliphatic rings. The van der Waals surface area contributed by atoms with E-state index in [2.05, 4.69) is 9.97 Å². The van der Waals surface area contributed by atoms with Gasteiger partial charge in [0.2, 0.25) is 0 Å². The van der Waals surface area contributed by atoms with Gasteiger partial charge in [-0.05, 0) is 37.0 Å². The molecule has 0 atom stereocenters. The van der Waals surface area contributed by atoms with Gasteiger partial charge in [-0.3, -0.25) is 14.8 Å². The SMILES string of the molecule is NC1(C2CC2)CN(C(=O)c2ccc3nccnc3c2)C1. The number of hydrogen-bond acceptors (Lipinski definition) is 4. The minimum atomic E-state index is -0.133. The lowest BCUT2D eigenvalue weighted by Gasteiger charge is -2.48. The summed E-state index contributed by atoms with van der Waals surface area (Å²) in [5.41, 5.74) is 8.37. The molecule has 0 bridgehead atoms. The van der Waals surface area contributed by atoms with Crippen LogP contribution in [0.15, 0.2) is 30.6 Å². The average molecular weight is 268 g/mol. The summed E-state index contributed by atoms with van der Waals surface area (Å²) in [5, 5.41) is 0. The van der Waals surface area contributed by atoms with Gasteiger partial charge in [0.05, 0.1) is 16.6 Å². The Kier molecular flexibility index (Phi) is 2.35. The van der Waals surface area contributed by atoms with Crippen molar-refractivity contribution in [3.63, 3.8) is 0 Å². The molecule has 5 heteroatoms. The number of carbonyl (C=O) groups excluding carboxylic acids is 1. The van der Waals surface area contributed by atoms with Gasteiger partial charge in [0, 0.05) is 31.0 Å². The molecule has 20 heavy (non-hydrogen) atoms. The van der Waals surface area contributed by atoms with Crippen LogP contribution in [0.5, 0.6) is 0 Å². The Morgan fingerprint density at radius 1 is 1.20 bits per heavy atom. The minimum Gasteiger partial charge on any atom is -0.335 e. The summed E-state index contributed by atoms with van der Waals surface area (Å²) in [5.74, 6) is 0.660. The van der Waals surface area contributed by atoms with E-state index in [4.69, 9.17) is 5.73 Å². The molecule has 2 fully saturated rings. The van der Waals surface area contributed by atoms with E-state index in [1.54, 1.807) is 18.5 Å². The van der Waals surface area contributed by atoms with Crippen LogP contribution < -0.4 is 5.73 Å². The van der Waals surface area contributed by atoms with Crippen LogP contribution in [0.2, 0.25) is 0 Å². The summed E-state index contributed by atoms with van der Waals surface area (Å²) >= 11 is 0. The second-order valence-corrected chi connectivity index (χ2v) is 5.93. The number of fused-ring (bicyclic) bond motifs is 1. The summed E-state index contributed by atoms with van der Waals surface area (Å²) in [6, 6.07) is 5.46. The predicted octanol–water partition coefficient (Wildman–Crippen LogP) is 1.19. The Morgan fingerprint density at radius 2 is 1.90 bits per heavy atom. The van der Waals surface area contributed by atoms with E-state index in [1.807, 2.05) is 17.0 Å². The van der Waals surface area contributed by atoms with Crippen molar-refractivity contribution < 1.29 is 4.79 Å². The lowest BCUT2D eigenvalue weighted by atomic mass is 9.85. The molecule has 2 heterocycles. The third-order valence-electron chi connectivity index (χ3n) is 4.36. The first-order valence-corrected chi connectivity index (χ1v) is 6.95. The topological polar surface area (TPSA) is 72.1 Å². The molecular weight excluding hydrogens is 252 g/mol. The molecular formula is C15H16N4O. The van der Waals surface area contributed by atoms with Crippen molar-refractivity contribution >= 4 is 16.9 Å². The summed E-state index contributed by atoms with van der Waals surface area (Å²) < 4.78 is 0. The number of aromatic nitrogens is 2. The van der Waals surface area contributed by atoms with E-state index < -0.39 is 0 Å². The van der Waals surface area contributed by atoms with Crippen LogP contribution in [0.1, 0.15) is 23.2 Å². The Balaban J connectivity index is 1.55. The summed E-state index contributed by atoms with van der Waals surface area (Å²) in [6.45, 7) is 1.35. The number of amides is 1. The van der Waals surface area contributed by atoms with Crippen molar-refractivity contribution in [3.8, 4) is 0 Å². The first kappa shape index (κ1) is 11.8. The molecule has 2 N–H and O–H groups in total. The van der Waals surface area contributed by atoms with Crippen molar-refractivity contribution in [2.45, 2.75) is 18.4 Å². The molecule has 5 nitrogen and oxygen atoms in total. The van der Waals surface area contributed by atoms with Gasteiger partial charge in [0.1, 0.15) is 0 Å². The van der Waals surface area contributed by atoms with Gasteiger partial charge < -0.3 is 10.6 Å². The van der Waals surface area contributed by atoms with Gasteiger partial charge in [-0.15, -0.1) is 0 Å². The number of nitrogens with two attached hydrogens (primary N) is 1. The summed E-state index contributed by atoms with van der Waals surface area (Å²) in [7, 11) is 0. The smallest absolute Gasteiger partial charge is 0.254 e. The van der Waals surface area contributed by atoms with Gasteiger partial charge in [-0.1, -0.05) is 0 Å². The fourth-order valence-corrected chi connectivity index (χ4v) is 3.00. The zero-order chi connectivity index (χ0) is 13.7. The van der Waals surface area contributed by atoms with Gasteiger partial charge in [-0.2, -0.15) is 0 Å². The number of rotatable bonds is 2. The van der Waals surface area contributed by atoms with Gasteiger partial charge in [0.25, 0.3) is 5.91 Å². The van der Waals surface area contributed by atoms with E-state index in [0.29, 0.717) is 24.6 Å². The number of carbonyl (C=O) groups is 1. The highest BCUT2D eigenvalue weighted by molar-refractivity contribution is 5.97. The van der Waals surface area contributed by atoms with Gasteiger partial charge >= 0.3 is 0 Å². The molecule has 1 aliphatic heterocycles. The molecule has 102 valence electrons. The van der Waals surface area contributed by atoms with Crippen LogP contribution >= 0.6 is 0 Å². The molecule has 1 amide bonds. The molecule has 1 aliphatic carbocycles. The summed E-state index contributed by atoms with van der Waals surface area (Å²) in [4.78, 5) is 22.7. The fourth-order valence-electron chi connectivity index (χ4n) is 3.00. The Morgan fingerprint density at radius 3 is 2.60 bits per heavy atom. The second kappa shape index (κ2) is 3.99. The first-order chi connectivity index (χ1) is 9.66. The summed E-state index contributed by atoms with van der Waals surface area (Å²) in [6.07, 6.45) is 5.71. The van der Waals surface area contributed by atoms with Crippen molar-refractivity contribution in [2.24, 2.45) is 11.7 Å². The number of likely N-dealkylation sites (tertiary alicyclic amines) is 1. The molecule has 0 unspecified atom stereocenters. The lowest BCUT2D eigenvalue weighted by molar-refractivity contribution is 0.0350. The standard InChI is InChI=1S/C15H16N4O/c16-15(11-2-3-11)8-19(9-15)14(20)10-1-4-12-13(7-10)18-6-5-17-12/h1,4-7,11H,2-3,8-9,16H2. The molecule has 0 spiro atoms. The van der Waals surface area contributed by atoms with Crippen LogP contribution in [-0.2, 0) is 0 Å². The van der Waals surface area contributed by atoms with Crippen LogP contribution in [0.4, 0.5) is 0 Å². The van der Waals surface area contributed by atoms with Gasteiger partial charge in [0.15, 0.2) is 0 Å². The predicted molar refractivity (Wildman–Crippen MR) is 75.1 cm³/mol. The van der Waals surface area contributed by atoms with Crippen LogP contribution in [0.3, 0.4) is 0 Å². The highest BCUT2D eigenvalue weighted by Gasteiger charge is 2.51. The molecule has 1 aromatic heterocycles. The highest BCUT2D eigenvalue weighted by Crippen LogP contribution is 2.43. The lowest BCUT2D eigenvalue weighted by Crippen LogP contribution is -2.69. The minimum absolute atomic E-state index is 0.0410. The monoisotopic (exact) mass is 268 g/mol. The third-order valence-corrected chi connectivity index (χ3v) is 4.36. The number of benzene rings is 1. The van der Waals surface area contributed by atoms with E-state index in [0.717, 1.165) is 11.0 Å². The zero-order valence-electron chi connectivity index (χ0n) is 11.1. The van der Waals surface area contributed by atoms with E-state index >= 15 is 0 Å². The average Bonchev–Trinajstić information content (AvgIpc) is 3.27. The largest absolute Gasteiger partial charge is 0.335 e. The van der Waals surface area contributed by atoms with Crippen molar-refractivity contribution in [3.05, 3.63) is 36.2 Å². The first-order valence-electron chi connectivity index (χ1n) is 6.95. The normalized spacial score (nSPS) is 20.8. The molecule has 4 rings (SSSR count). The fraction of sp³-hybridized carbons (Fsp3) is 0.400. The maximum atomic E-state index is 12.4. The Labute approximate surface area is 116 Å². The molecule has 1 saturated carbocycles. The van der Waals surface area contributed by atoms with Crippen LogP contribution in [-0.4, -0.2) is 39.4 Å². The maximum Gasteiger partial charge on any atom is 0.254 e. The van der Waals surface area contributed by atoms with Gasteiger partial charge in [-0.25, -0.2) is 0 Å². The molecule has 0 radical (unpaired) electrons. The Hall–Kier alpha value is -2.01. The molecule has 1 saturated heterocycles. The van der Waals surface area contributed by atoms with E-state index in [1.165, 1.54) is 12.8 Å². The zero-order valence-corrected chi connectivity index (χ0v) is 11.1. The van der Waals surface area contributed by atoms with E-state index in [9.17, 15) is 4.79 Å². The quantitative estimate of drug-likeness (QED) is 0.888. The van der Waals surface area contributed by atoms with Crippen LogP contribution in [0, 0.1) is 5.92 Å². The van der Waals surface area contributed by atoms with E-state index in [-0.39, 0.29) is 11.4 Å².